The Morgan fingerprint density at radius 1 is 1.18 bits per heavy atom. The first-order valence-electron chi connectivity index (χ1n) is 4.93. The first-order chi connectivity index (χ1) is 8.33. The van der Waals surface area contributed by atoms with Gasteiger partial charge in [0.2, 0.25) is 5.82 Å². The zero-order valence-electron chi connectivity index (χ0n) is 9.25. The highest BCUT2D eigenvalue weighted by Gasteiger charge is 2.06. The third kappa shape index (κ3) is 2.61. The van der Waals surface area contributed by atoms with Gasteiger partial charge < -0.3 is 14.9 Å². The minimum atomic E-state index is 0.309. The third-order valence-electron chi connectivity index (χ3n) is 2.06. The Morgan fingerprint density at radius 2 is 1.94 bits per heavy atom. The van der Waals surface area contributed by atoms with Crippen molar-refractivity contribution in [3.05, 3.63) is 36.7 Å². The van der Waals surface area contributed by atoms with Crippen LogP contribution in [0.2, 0.25) is 0 Å². The van der Waals surface area contributed by atoms with Crippen LogP contribution in [0.4, 0.5) is 5.82 Å². The number of methoxy groups -OCH3 is 1. The zero-order valence-corrected chi connectivity index (χ0v) is 9.25. The number of anilines is 1. The Kier molecular flexibility index (Phi) is 3.37. The SMILES string of the molecule is COc1cccc(Oc2nccnc2NN)c1. The van der Waals surface area contributed by atoms with Gasteiger partial charge in [0.05, 0.1) is 7.11 Å². The van der Waals surface area contributed by atoms with Crippen LogP contribution in [-0.4, -0.2) is 17.1 Å². The maximum absolute atomic E-state index is 5.55. The fourth-order valence-corrected chi connectivity index (χ4v) is 1.28. The molecule has 0 bridgehead atoms. The van der Waals surface area contributed by atoms with E-state index in [1.165, 1.54) is 12.4 Å². The number of nitrogens with two attached hydrogens (primary N) is 1. The maximum Gasteiger partial charge on any atom is 0.264 e. The molecule has 0 spiro atoms. The molecule has 0 fully saturated rings. The smallest absolute Gasteiger partial charge is 0.264 e. The molecular weight excluding hydrogens is 220 g/mol. The summed E-state index contributed by atoms with van der Waals surface area (Å²) in [4.78, 5) is 8.01. The van der Waals surface area contributed by atoms with Crippen molar-refractivity contribution < 1.29 is 9.47 Å². The number of rotatable bonds is 4. The summed E-state index contributed by atoms with van der Waals surface area (Å²) in [6.45, 7) is 0. The minimum absolute atomic E-state index is 0.309. The van der Waals surface area contributed by atoms with Crippen LogP contribution in [0.1, 0.15) is 0 Å². The Bertz CT molecular complexity index is 504. The van der Waals surface area contributed by atoms with Crippen molar-refractivity contribution in [2.45, 2.75) is 0 Å². The number of hydrogen-bond donors (Lipinski definition) is 2. The van der Waals surface area contributed by atoms with Crippen LogP contribution in [0.15, 0.2) is 36.7 Å². The van der Waals surface area contributed by atoms with Gasteiger partial charge in [0.1, 0.15) is 11.5 Å². The molecule has 2 aromatic rings. The molecule has 0 radical (unpaired) electrons. The fraction of sp³-hybridized carbons (Fsp3) is 0.0909. The van der Waals surface area contributed by atoms with E-state index < -0.39 is 0 Å². The van der Waals surface area contributed by atoms with E-state index in [1.807, 2.05) is 12.1 Å². The van der Waals surface area contributed by atoms with Gasteiger partial charge in [0.25, 0.3) is 5.88 Å². The van der Waals surface area contributed by atoms with E-state index in [2.05, 4.69) is 15.4 Å². The average Bonchev–Trinajstić information content (AvgIpc) is 2.39. The van der Waals surface area contributed by atoms with Gasteiger partial charge in [0.15, 0.2) is 0 Å². The van der Waals surface area contributed by atoms with E-state index in [-0.39, 0.29) is 0 Å². The van der Waals surface area contributed by atoms with Crippen molar-refractivity contribution in [3.8, 4) is 17.4 Å². The van der Waals surface area contributed by atoms with Crippen molar-refractivity contribution in [2.75, 3.05) is 12.5 Å². The van der Waals surface area contributed by atoms with Crippen LogP contribution in [-0.2, 0) is 0 Å². The highest BCUT2D eigenvalue weighted by atomic mass is 16.5. The summed E-state index contributed by atoms with van der Waals surface area (Å²) in [5.41, 5.74) is 2.41. The lowest BCUT2D eigenvalue weighted by molar-refractivity contribution is 0.407. The van der Waals surface area contributed by atoms with Gasteiger partial charge in [-0.25, -0.2) is 15.8 Å². The lowest BCUT2D eigenvalue weighted by atomic mass is 10.3. The normalized spacial score (nSPS) is 9.76. The standard InChI is InChI=1S/C11H12N4O2/c1-16-8-3-2-4-9(7-8)17-11-10(15-12)13-5-6-14-11/h2-7H,12H2,1H3,(H,13,15). The summed E-state index contributed by atoms with van der Waals surface area (Å²) in [6.07, 6.45) is 3.05. The highest BCUT2D eigenvalue weighted by Crippen LogP contribution is 2.26. The molecule has 3 N–H and O–H groups in total. The van der Waals surface area contributed by atoms with E-state index in [9.17, 15) is 0 Å². The molecule has 0 amide bonds. The molecule has 0 aliphatic heterocycles. The second-order valence-corrected chi connectivity index (χ2v) is 3.14. The van der Waals surface area contributed by atoms with Crippen LogP contribution >= 0.6 is 0 Å². The lowest BCUT2D eigenvalue weighted by Gasteiger charge is -2.08. The van der Waals surface area contributed by atoms with Crippen molar-refractivity contribution in [3.63, 3.8) is 0 Å². The molecule has 0 saturated heterocycles. The van der Waals surface area contributed by atoms with Gasteiger partial charge >= 0.3 is 0 Å². The van der Waals surface area contributed by atoms with E-state index in [0.717, 1.165) is 0 Å². The quantitative estimate of drug-likeness (QED) is 0.615. The molecular formula is C11H12N4O2. The molecule has 88 valence electrons. The maximum atomic E-state index is 5.55. The number of ether oxygens (including phenoxy) is 2. The van der Waals surface area contributed by atoms with Crippen LogP contribution in [0.3, 0.4) is 0 Å². The summed E-state index contributed by atoms with van der Waals surface area (Å²) in [5.74, 6) is 7.28. The Balaban J connectivity index is 2.24. The second kappa shape index (κ2) is 5.13. The van der Waals surface area contributed by atoms with Crippen LogP contribution < -0.4 is 20.7 Å². The van der Waals surface area contributed by atoms with Crippen LogP contribution in [0, 0.1) is 0 Å². The average molecular weight is 232 g/mol. The molecule has 17 heavy (non-hydrogen) atoms. The molecule has 1 heterocycles. The Labute approximate surface area is 98.4 Å². The Hall–Kier alpha value is -2.34. The van der Waals surface area contributed by atoms with Gasteiger partial charge in [-0.05, 0) is 12.1 Å². The summed E-state index contributed by atoms with van der Waals surface area (Å²) < 4.78 is 10.6. The summed E-state index contributed by atoms with van der Waals surface area (Å²) in [5, 5.41) is 0. The molecule has 0 saturated carbocycles. The third-order valence-corrected chi connectivity index (χ3v) is 2.06. The van der Waals surface area contributed by atoms with Crippen molar-refractivity contribution in [2.24, 2.45) is 5.84 Å². The number of hydrazine groups is 1. The summed E-state index contributed by atoms with van der Waals surface area (Å²) in [7, 11) is 1.59. The predicted octanol–water partition coefficient (Wildman–Crippen LogP) is 1.56. The predicted molar refractivity (Wildman–Crippen MR) is 62.9 cm³/mol. The molecule has 1 aromatic heterocycles. The number of nitrogens with zero attached hydrogens (tertiary/aromatic N) is 2. The zero-order chi connectivity index (χ0) is 12.1. The van der Waals surface area contributed by atoms with Gasteiger partial charge in [-0.3, -0.25) is 0 Å². The minimum Gasteiger partial charge on any atom is -0.497 e. The molecule has 1 aromatic carbocycles. The van der Waals surface area contributed by atoms with Gasteiger partial charge in [-0.2, -0.15) is 0 Å². The van der Waals surface area contributed by atoms with E-state index in [4.69, 9.17) is 15.3 Å². The number of aromatic nitrogens is 2. The highest BCUT2D eigenvalue weighted by molar-refractivity contribution is 5.46. The van der Waals surface area contributed by atoms with E-state index >= 15 is 0 Å². The van der Waals surface area contributed by atoms with Gasteiger partial charge in [0, 0.05) is 18.5 Å². The number of benzene rings is 1. The molecule has 0 aliphatic rings. The van der Waals surface area contributed by atoms with E-state index in [0.29, 0.717) is 23.2 Å². The largest absolute Gasteiger partial charge is 0.497 e. The number of nitrogens with one attached hydrogen (secondary N) is 1. The molecule has 0 unspecified atom stereocenters. The fourth-order valence-electron chi connectivity index (χ4n) is 1.28. The summed E-state index contributed by atoms with van der Waals surface area (Å²) >= 11 is 0. The van der Waals surface area contributed by atoms with Crippen molar-refractivity contribution in [1.29, 1.82) is 0 Å². The lowest BCUT2D eigenvalue weighted by Crippen LogP contribution is -2.10. The van der Waals surface area contributed by atoms with Gasteiger partial charge in [-0.15, -0.1) is 0 Å². The monoisotopic (exact) mass is 232 g/mol. The molecule has 2 rings (SSSR count). The first kappa shape index (κ1) is 11.2. The van der Waals surface area contributed by atoms with Crippen molar-refractivity contribution >= 4 is 5.82 Å². The van der Waals surface area contributed by atoms with Crippen LogP contribution in [0.25, 0.3) is 0 Å². The van der Waals surface area contributed by atoms with E-state index in [1.54, 1.807) is 19.2 Å². The molecule has 6 nitrogen and oxygen atoms in total. The molecule has 0 aliphatic carbocycles. The number of nitrogen functional groups attached to an aromatic ring is 1. The first-order valence-corrected chi connectivity index (χ1v) is 4.93. The summed E-state index contributed by atoms with van der Waals surface area (Å²) in [6, 6.07) is 7.18. The van der Waals surface area contributed by atoms with Crippen LogP contribution in [0.5, 0.6) is 17.4 Å². The van der Waals surface area contributed by atoms with Gasteiger partial charge in [-0.1, -0.05) is 6.07 Å². The second-order valence-electron chi connectivity index (χ2n) is 3.14. The topological polar surface area (TPSA) is 82.3 Å². The number of hydrogen-bond acceptors (Lipinski definition) is 6. The molecule has 6 heteroatoms. The Morgan fingerprint density at radius 3 is 2.71 bits per heavy atom. The molecule has 0 atom stereocenters. The van der Waals surface area contributed by atoms with Crippen molar-refractivity contribution in [1.82, 2.24) is 9.97 Å².